The van der Waals surface area contributed by atoms with Crippen molar-refractivity contribution < 1.29 is 9.53 Å². The van der Waals surface area contributed by atoms with Gasteiger partial charge in [-0.15, -0.1) is 0 Å². The molecule has 2 rings (SSSR count). The highest BCUT2D eigenvalue weighted by molar-refractivity contribution is 5.87. The minimum Gasteiger partial charge on any atom is -0.456 e. The van der Waals surface area contributed by atoms with Crippen LogP contribution in [-0.2, 0) is 18.4 Å². The first-order valence-electron chi connectivity index (χ1n) is 5.93. The van der Waals surface area contributed by atoms with Gasteiger partial charge in [-0.2, -0.15) is 0 Å². The predicted octanol–water partition coefficient (Wildman–Crippen LogP) is 3.00. The van der Waals surface area contributed by atoms with E-state index in [4.69, 9.17) is 4.74 Å². The fourth-order valence-electron chi connectivity index (χ4n) is 1.81. The zero-order valence-corrected chi connectivity index (χ0v) is 10.9. The molecule has 0 aliphatic carbocycles. The first kappa shape index (κ1) is 12.4. The SMILES string of the molecule is Cc1ccccc1COC(=O)c1ccc(C)n1C. The lowest BCUT2D eigenvalue weighted by Gasteiger charge is -2.08. The lowest BCUT2D eigenvalue weighted by atomic mass is 10.1. The molecule has 0 fully saturated rings. The summed E-state index contributed by atoms with van der Waals surface area (Å²) in [6.07, 6.45) is 0. The van der Waals surface area contributed by atoms with Gasteiger partial charge < -0.3 is 9.30 Å². The summed E-state index contributed by atoms with van der Waals surface area (Å²) in [5, 5.41) is 0. The Morgan fingerprint density at radius 1 is 1.17 bits per heavy atom. The van der Waals surface area contributed by atoms with Crippen LogP contribution in [0.15, 0.2) is 36.4 Å². The normalized spacial score (nSPS) is 10.4. The molecule has 0 radical (unpaired) electrons. The molecule has 18 heavy (non-hydrogen) atoms. The first-order valence-corrected chi connectivity index (χ1v) is 5.93. The van der Waals surface area contributed by atoms with Gasteiger partial charge in [-0.3, -0.25) is 0 Å². The Balaban J connectivity index is 2.05. The first-order chi connectivity index (χ1) is 8.59. The number of ether oxygens (including phenoxy) is 1. The smallest absolute Gasteiger partial charge is 0.355 e. The molecular formula is C15H17NO2. The Kier molecular flexibility index (Phi) is 3.51. The summed E-state index contributed by atoms with van der Waals surface area (Å²) in [4.78, 5) is 11.9. The van der Waals surface area contributed by atoms with Gasteiger partial charge in [0, 0.05) is 12.7 Å². The van der Waals surface area contributed by atoms with Crippen molar-refractivity contribution in [1.82, 2.24) is 4.57 Å². The molecule has 3 heteroatoms. The number of benzene rings is 1. The molecule has 0 amide bonds. The standard InChI is InChI=1S/C15H17NO2/c1-11-6-4-5-7-13(11)10-18-15(17)14-9-8-12(2)16(14)3/h4-9H,10H2,1-3H3. The largest absolute Gasteiger partial charge is 0.456 e. The third-order valence-corrected chi connectivity index (χ3v) is 3.20. The van der Waals surface area contributed by atoms with E-state index in [1.807, 2.05) is 55.8 Å². The highest BCUT2D eigenvalue weighted by Gasteiger charge is 2.12. The van der Waals surface area contributed by atoms with Crippen LogP contribution in [-0.4, -0.2) is 10.5 Å². The Labute approximate surface area is 107 Å². The van der Waals surface area contributed by atoms with Crippen LogP contribution in [0.2, 0.25) is 0 Å². The molecule has 0 atom stereocenters. The molecule has 0 bridgehead atoms. The highest BCUT2D eigenvalue weighted by Crippen LogP contribution is 2.11. The molecule has 94 valence electrons. The van der Waals surface area contributed by atoms with Gasteiger partial charge in [-0.05, 0) is 37.1 Å². The van der Waals surface area contributed by atoms with Crippen LogP contribution in [0.4, 0.5) is 0 Å². The zero-order valence-electron chi connectivity index (χ0n) is 10.9. The minimum atomic E-state index is -0.283. The van der Waals surface area contributed by atoms with Crippen molar-refractivity contribution >= 4 is 5.97 Å². The predicted molar refractivity (Wildman–Crippen MR) is 70.4 cm³/mol. The third-order valence-electron chi connectivity index (χ3n) is 3.20. The van der Waals surface area contributed by atoms with Crippen molar-refractivity contribution in [2.45, 2.75) is 20.5 Å². The second-order valence-corrected chi connectivity index (χ2v) is 4.42. The molecule has 0 N–H and O–H groups in total. The quantitative estimate of drug-likeness (QED) is 0.776. The summed E-state index contributed by atoms with van der Waals surface area (Å²) in [7, 11) is 1.86. The number of rotatable bonds is 3. The van der Waals surface area contributed by atoms with Gasteiger partial charge in [0.1, 0.15) is 12.3 Å². The van der Waals surface area contributed by atoms with E-state index in [-0.39, 0.29) is 5.97 Å². The van der Waals surface area contributed by atoms with Gasteiger partial charge in [0.15, 0.2) is 0 Å². The van der Waals surface area contributed by atoms with Crippen LogP contribution in [0, 0.1) is 13.8 Å². The number of carbonyl (C=O) groups is 1. The van der Waals surface area contributed by atoms with Crippen LogP contribution in [0.3, 0.4) is 0 Å². The van der Waals surface area contributed by atoms with Crippen molar-refractivity contribution in [2.24, 2.45) is 7.05 Å². The molecule has 0 aliphatic rings. The van der Waals surface area contributed by atoms with Gasteiger partial charge in [0.25, 0.3) is 0 Å². The van der Waals surface area contributed by atoms with Crippen LogP contribution >= 0.6 is 0 Å². The van der Waals surface area contributed by atoms with Gasteiger partial charge in [-0.25, -0.2) is 4.79 Å². The fraction of sp³-hybridized carbons (Fsp3) is 0.267. The van der Waals surface area contributed by atoms with Gasteiger partial charge in [0.2, 0.25) is 0 Å². The van der Waals surface area contributed by atoms with E-state index in [2.05, 4.69) is 0 Å². The summed E-state index contributed by atoms with van der Waals surface area (Å²) in [5.41, 5.74) is 3.80. The van der Waals surface area contributed by atoms with Crippen LogP contribution in [0.25, 0.3) is 0 Å². The second-order valence-electron chi connectivity index (χ2n) is 4.42. The van der Waals surface area contributed by atoms with E-state index in [0.717, 1.165) is 16.8 Å². The van der Waals surface area contributed by atoms with Crippen molar-refractivity contribution in [3.8, 4) is 0 Å². The molecule has 1 aromatic carbocycles. The Morgan fingerprint density at radius 3 is 2.50 bits per heavy atom. The Bertz CT molecular complexity index is 570. The maximum Gasteiger partial charge on any atom is 0.355 e. The molecule has 3 nitrogen and oxygen atoms in total. The number of aryl methyl sites for hydroxylation is 2. The lowest BCUT2D eigenvalue weighted by Crippen LogP contribution is -2.11. The third kappa shape index (κ3) is 2.45. The molecule has 1 aromatic heterocycles. The molecule has 0 saturated heterocycles. The van der Waals surface area contributed by atoms with Crippen molar-refractivity contribution in [3.05, 3.63) is 58.9 Å². The van der Waals surface area contributed by atoms with Gasteiger partial charge in [-0.1, -0.05) is 24.3 Å². The topological polar surface area (TPSA) is 31.2 Å². The number of nitrogens with zero attached hydrogens (tertiary/aromatic N) is 1. The lowest BCUT2D eigenvalue weighted by molar-refractivity contribution is 0.0460. The number of esters is 1. The summed E-state index contributed by atoms with van der Waals surface area (Å²) >= 11 is 0. The maximum absolute atomic E-state index is 11.9. The van der Waals surface area contributed by atoms with Crippen molar-refractivity contribution in [2.75, 3.05) is 0 Å². The number of hydrogen-bond acceptors (Lipinski definition) is 2. The van der Waals surface area contributed by atoms with Crippen LogP contribution in [0.5, 0.6) is 0 Å². The summed E-state index contributed by atoms with van der Waals surface area (Å²) < 4.78 is 7.16. The summed E-state index contributed by atoms with van der Waals surface area (Å²) in [5.74, 6) is -0.283. The Morgan fingerprint density at radius 2 is 1.89 bits per heavy atom. The van der Waals surface area contributed by atoms with Gasteiger partial charge >= 0.3 is 5.97 Å². The highest BCUT2D eigenvalue weighted by atomic mass is 16.5. The van der Waals surface area contributed by atoms with E-state index >= 15 is 0 Å². The fourth-order valence-corrected chi connectivity index (χ4v) is 1.81. The zero-order chi connectivity index (χ0) is 13.1. The number of carbonyl (C=O) groups excluding carboxylic acids is 1. The van der Waals surface area contributed by atoms with E-state index in [9.17, 15) is 4.79 Å². The van der Waals surface area contributed by atoms with E-state index < -0.39 is 0 Å². The molecule has 0 spiro atoms. The molecule has 0 unspecified atom stereocenters. The second kappa shape index (κ2) is 5.08. The van der Waals surface area contributed by atoms with E-state index in [0.29, 0.717) is 12.3 Å². The minimum absolute atomic E-state index is 0.283. The average molecular weight is 243 g/mol. The van der Waals surface area contributed by atoms with E-state index in [1.54, 1.807) is 6.07 Å². The van der Waals surface area contributed by atoms with Crippen molar-refractivity contribution in [1.29, 1.82) is 0 Å². The molecule has 2 aromatic rings. The molecule has 1 heterocycles. The van der Waals surface area contributed by atoms with E-state index in [1.165, 1.54) is 0 Å². The monoisotopic (exact) mass is 243 g/mol. The summed E-state index contributed by atoms with van der Waals surface area (Å²) in [6.45, 7) is 4.28. The Hall–Kier alpha value is -2.03. The average Bonchev–Trinajstić information content (AvgIpc) is 2.69. The molecule has 0 saturated carbocycles. The maximum atomic E-state index is 11.9. The number of aromatic nitrogens is 1. The number of hydrogen-bond donors (Lipinski definition) is 0. The van der Waals surface area contributed by atoms with Crippen LogP contribution in [0.1, 0.15) is 27.3 Å². The molecular weight excluding hydrogens is 226 g/mol. The van der Waals surface area contributed by atoms with Crippen molar-refractivity contribution in [3.63, 3.8) is 0 Å². The van der Waals surface area contributed by atoms with Gasteiger partial charge in [0.05, 0.1) is 0 Å². The molecule has 0 aliphatic heterocycles. The van der Waals surface area contributed by atoms with Crippen LogP contribution < -0.4 is 0 Å². The summed E-state index contributed by atoms with van der Waals surface area (Å²) in [6, 6.07) is 11.6.